The molecule has 0 aromatic carbocycles. The standard InChI is InChI=1S/C17H30N4/c1-7-18-16-14(6)17(20-15(19-16)11(2)3)21-9-8-12(4)10-13(21)5/h11-13H,7-10H2,1-6H3,(H,18,19,20). The zero-order chi connectivity index (χ0) is 15.6. The van der Waals surface area contributed by atoms with Crippen molar-refractivity contribution in [1.29, 1.82) is 0 Å². The van der Waals surface area contributed by atoms with Gasteiger partial charge in [-0.2, -0.15) is 0 Å². The number of nitrogens with one attached hydrogen (secondary N) is 1. The molecule has 2 rings (SSSR count). The third kappa shape index (κ3) is 3.47. The fraction of sp³-hybridized carbons (Fsp3) is 0.765. The zero-order valence-electron chi connectivity index (χ0n) is 14.4. The van der Waals surface area contributed by atoms with Crippen LogP contribution in [-0.4, -0.2) is 29.1 Å². The van der Waals surface area contributed by atoms with Gasteiger partial charge in [0, 0.05) is 30.6 Å². The molecule has 1 aliphatic rings. The SMILES string of the molecule is CCNc1nc(C(C)C)nc(N2CCC(C)CC2C)c1C. The minimum atomic E-state index is 0.348. The van der Waals surface area contributed by atoms with Gasteiger partial charge >= 0.3 is 0 Å². The summed E-state index contributed by atoms with van der Waals surface area (Å²) in [5.41, 5.74) is 1.18. The summed E-state index contributed by atoms with van der Waals surface area (Å²) in [5, 5.41) is 3.40. The maximum Gasteiger partial charge on any atom is 0.137 e. The summed E-state index contributed by atoms with van der Waals surface area (Å²) < 4.78 is 0. The highest BCUT2D eigenvalue weighted by Crippen LogP contribution is 2.32. The summed E-state index contributed by atoms with van der Waals surface area (Å²) in [6.45, 7) is 15.2. The van der Waals surface area contributed by atoms with Crippen LogP contribution in [0.15, 0.2) is 0 Å². The van der Waals surface area contributed by atoms with E-state index in [1.807, 2.05) is 0 Å². The maximum absolute atomic E-state index is 4.89. The van der Waals surface area contributed by atoms with Gasteiger partial charge in [-0.05, 0) is 39.5 Å². The van der Waals surface area contributed by atoms with Gasteiger partial charge in [0.05, 0.1) is 0 Å². The van der Waals surface area contributed by atoms with Crippen LogP contribution in [0.25, 0.3) is 0 Å². The lowest BCUT2D eigenvalue weighted by atomic mass is 9.93. The molecule has 0 radical (unpaired) electrons. The van der Waals surface area contributed by atoms with Crippen molar-refractivity contribution in [3.05, 3.63) is 11.4 Å². The van der Waals surface area contributed by atoms with Crippen molar-refractivity contribution in [1.82, 2.24) is 9.97 Å². The van der Waals surface area contributed by atoms with Crippen molar-refractivity contribution in [2.75, 3.05) is 23.3 Å². The van der Waals surface area contributed by atoms with Crippen LogP contribution in [-0.2, 0) is 0 Å². The molecule has 1 aromatic heterocycles. The van der Waals surface area contributed by atoms with E-state index in [2.05, 4.69) is 51.8 Å². The molecule has 0 spiro atoms. The van der Waals surface area contributed by atoms with Crippen LogP contribution >= 0.6 is 0 Å². The lowest BCUT2D eigenvalue weighted by Crippen LogP contribution is -2.41. The molecule has 0 aliphatic carbocycles. The van der Waals surface area contributed by atoms with Gasteiger partial charge in [-0.25, -0.2) is 9.97 Å². The van der Waals surface area contributed by atoms with Crippen LogP contribution < -0.4 is 10.2 Å². The molecule has 2 unspecified atom stereocenters. The summed E-state index contributed by atoms with van der Waals surface area (Å²) >= 11 is 0. The lowest BCUT2D eigenvalue weighted by molar-refractivity contribution is 0.375. The molecule has 1 aromatic rings. The maximum atomic E-state index is 4.89. The van der Waals surface area contributed by atoms with Crippen LogP contribution in [0.2, 0.25) is 0 Å². The number of hydrogen-bond acceptors (Lipinski definition) is 4. The number of rotatable bonds is 4. The first-order valence-electron chi connectivity index (χ1n) is 8.33. The Labute approximate surface area is 129 Å². The van der Waals surface area contributed by atoms with E-state index in [1.165, 1.54) is 18.4 Å². The van der Waals surface area contributed by atoms with E-state index in [-0.39, 0.29) is 0 Å². The van der Waals surface area contributed by atoms with Gasteiger partial charge in [-0.3, -0.25) is 0 Å². The molecule has 1 saturated heterocycles. The highest BCUT2D eigenvalue weighted by Gasteiger charge is 2.26. The molecule has 2 atom stereocenters. The van der Waals surface area contributed by atoms with E-state index in [9.17, 15) is 0 Å². The second-order valence-electron chi connectivity index (χ2n) is 6.74. The van der Waals surface area contributed by atoms with E-state index in [0.717, 1.165) is 36.5 Å². The third-order valence-electron chi connectivity index (χ3n) is 4.41. The Balaban J connectivity index is 2.41. The number of nitrogens with zero attached hydrogens (tertiary/aromatic N) is 3. The smallest absolute Gasteiger partial charge is 0.137 e. The Bertz CT molecular complexity index is 484. The minimum absolute atomic E-state index is 0.348. The van der Waals surface area contributed by atoms with Crippen LogP contribution in [0.3, 0.4) is 0 Å². The summed E-state index contributed by atoms with van der Waals surface area (Å²) in [5.74, 6) is 4.23. The molecule has 118 valence electrons. The molecule has 4 nitrogen and oxygen atoms in total. The average Bonchev–Trinajstić information content (AvgIpc) is 2.41. The van der Waals surface area contributed by atoms with Gasteiger partial charge in [0.15, 0.2) is 0 Å². The molecule has 0 saturated carbocycles. The minimum Gasteiger partial charge on any atom is -0.370 e. The number of anilines is 2. The first kappa shape index (κ1) is 16.1. The Hall–Kier alpha value is -1.32. The quantitative estimate of drug-likeness (QED) is 0.911. The summed E-state index contributed by atoms with van der Waals surface area (Å²) in [6.07, 6.45) is 2.50. The van der Waals surface area contributed by atoms with E-state index in [0.29, 0.717) is 12.0 Å². The Kier molecular flexibility index (Phi) is 5.07. The van der Waals surface area contributed by atoms with Crippen molar-refractivity contribution in [2.24, 2.45) is 5.92 Å². The normalized spacial score (nSPS) is 22.7. The van der Waals surface area contributed by atoms with Crippen molar-refractivity contribution in [3.63, 3.8) is 0 Å². The molecule has 0 amide bonds. The van der Waals surface area contributed by atoms with E-state index >= 15 is 0 Å². The topological polar surface area (TPSA) is 41.1 Å². The first-order chi connectivity index (χ1) is 9.93. The molecule has 4 heteroatoms. The highest BCUT2D eigenvalue weighted by atomic mass is 15.2. The average molecular weight is 290 g/mol. The largest absolute Gasteiger partial charge is 0.370 e. The molecule has 1 aliphatic heterocycles. The molecule has 0 bridgehead atoms. The lowest BCUT2D eigenvalue weighted by Gasteiger charge is -2.38. The fourth-order valence-electron chi connectivity index (χ4n) is 3.12. The first-order valence-corrected chi connectivity index (χ1v) is 8.33. The molecular weight excluding hydrogens is 260 g/mol. The second-order valence-corrected chi connectivity index (χ2v) is 6.74. The molecule has 1 N–H and O–H groups in total. The van der Waals surface area contributed by atoms with E-state index in [1.54, 1.807) is 0 Å². The van der Waals surface area contributed by atoms with Crippen LogP contribution in [0.1, 0.15) is 64.8 Å². The van der Waals surface area contributed by atoms with Crippen LogP contribution in [0.4, 0.5) is 11.6 Å². The summed E-state index contributed by atoms with van der Waals surface area (Å²) in [7, 11) is 0. The molecule has 2 heterocycles. The monoisotopic (exact) mass is 290 g/mol. The van der Waals surface area contributed by atoms with E-state index < -0.39 is 0 Å². The van der Waals surface area contributed by atoms with Crippen molar-refractivity contribution in [2.45, 2.75) is 66.3 Å². The summed E-state index contributed by atoms with van der Waals surface area (Å²) in [6, 6.07) is 0.553. The van der Waals surface area contributed by atoms with Gasteiger partial charge in [0.1, 0.15) is 17.5 Å². The fourth-order valence-corrected chi connectivity index (χ4v) is 3.12. The number of piperidine rings is 1. The van der Waals surface area contributed by atoms with Crippen LogP contribution in [0.5, 0.6) is 0 Å². The zero-order valence-corrected chi connectivity index (χ0v) is 14.4. The Morgan fingerprint density at radius 3 is 2.57 bits per heavy atom. The second kappa shape index (κ2) is 6.63. The van der Waals surface area contributed by atoms with E-state index in [4.69, 9.17) is 9.97 Å². The molecular formula is C17H30N4. The van der Waals surface area contributed by atoms with Crippen molar-refractivity contribution >= 4 is 11.6 Å². The van der Waals surface area contributed by atoms with Gasteiger partial charge in [-0.15, -0.1) is 0 Å². The molecule has 21 heavy (non-hydrogen) atoms. The Morgan fingerprint density at radius 2 is 2.00 bits per heavy atom. The highest BCUT2D eigenvalue weighted by molar-refractivity contribution is 5.59. The van der Waals surface area contributed by atoms with Crippen LogP contribution in [0, 0.1) is 12.8 Å². The number of hydrogen-bond donors (Lipinski definition) is 1. The van der Waals surface area contributed by atoms with Gasteiger partial charge in [0.2, 0.25) is 0 Å². The predicted molar refractivity (Wildman–Crippen MR) is 90.2 cm³/mol. The van der Waals surface area contributed by atoms with Gasteiger partial charge in [0.25, 0.3) is 0 Å². The van der Waals surface area contributed by atoms with Crippen molar-refractivity contribution < 1.29 is 0 Å². The summed E-state index contributed by atoms with van der Waals surface area (Å²) in [4.78, 5) is 12.1. The molecule has 1 fully saturated rings. The number of aromatic nitrogens is 2. The predicted octanol–water partition coefficient (Wildman–Crippen LogP) is 3.97. The third-order valence-corrected chi connectivity index (χ3v) is 4.41. The van der Waals surface area contributed by atoms with Crippen molar-refractivity contribution in [3.8, 4) is 0 Å². The van der Waals surface area contributed by atoms with Gasteiger partial charge < -0.3 is 10.2 Å². The van der Waals surface area contributed by atoms with Gasteiger partial charge in [-0.1, -0.05) is 20.8 Å². The Morgan fingerprint density at radius 1 is 1.29 bits per heavy atom.